The molecule has 2 aromatic carbocycles. The first-order valence-electron chi connectivity index (χ1n) is 11.7. The van der Waals surface area contributed by atoms with E-state index in [0.29, 0.717) is 30.1 Å². The van der Waals surface area contributed by atoms with Crippen LogP contribution >= 0.6 is 23.2 Å². The molecule has 2 bridgehead atoms. The molecule has 34 heavy (non-hydrogen) atoms. The van der Waals surface area contributed by atoms with Crippen LogP contribution in [-0.4, -0.2) is 46.0 Å². The topological polar surface area (TPSA) is 86.3 Å². The molecule has 3 atom stereocenters. The van der Waals surface area contributed by atoms with Crippen molar-refractivity contribution in [2.45, 2.75) is 67.5 Å². The maximum Gasteiger partial charge on any atom is 0.245 e. The maximum absolute atomic E-state index is 13.6. The number of benzene rings is 2. The fourth-order valence-corrected chi connectivity index (χ4v) is 8.22. The van der Waals surface area contributed by atoms with Gasteiger partial charge in [-0.3, -0.25) is 0 Å². The Balaban J connectivity index is 1.32. The van der Waals surface area contributed by atoms with E-state index in [1.165, 1.54) is 18.4 Å². The van der Waals surface area contributed by atoms with E-state index in [9.17, 15) is 13.5 Å². The zero-order valence-electron chi connectivity index (χ0n) is 18.4. The van der Waals surface area contributed by atoms with Gasteiger partial charge in [0.05, 0.1) is 23.0 Å². The van der Waals surface area contributed by atoms with Crippen LogP contribution in [0.15, 0.2) is 47.5 Å². The van der Waals surface area contributed by atoms with Crippen LogP contribution in [0.1, 0.15) is 50.0 Å². The minimum atomic E-state index is -3.81. The second-order valence-corrected chi connectivity index (χ2v) is 12.3. The van der Waals surface area contributed by atoms with Gasteiger partial charge in [0, 0.05) is 28.2 Å². The van der Waals surface area contributed by atoms with Crippen LogP contribution in [0.5, 0.6) is 0 Å². The first kappa shape index (κ1) is 22.6. The Hall–Kier alpha value is -1.90. The molecule has 3 heterocycles. The van der Waals surface area contributed by atoms with Gasteiger partial charge < -0.3 is 10.1 Å². The van der Waals surface area contributed by atoms with Crippen LogP contribution in [0, 0.1) is 0 Å². The van der Waals surface area contributed by atoms with E-state index in [1.54, 1.807) is 28.7 Å². The predicted octanol–water partition coefficient (Wildman–Crippen LogP) is 5.60. The highest BCUT2D eigenvalue weighted by atomic mass is 35.5. The number of aliphatic hydroxyl groups excluding tert-OH is 1. The van der Waals surface area contributed by atoms with Gasteiger partial charge in [-0.25, -0.2) is 13.4 Å². The highest BCUT2D eigenvalue weighted by Crippen LogP contribution is 2.44. The van der Waals surface area contributed by atoms with Gasteiger partial charge in [0.2, 0.25) is 10.0 Å². The number of nitrogens with one attached hydrogen (secondary N) is 1. The lowest BCUT2D eigenvalue weighted by Crippen LogP contribution is -2.47. The largest absolute Gasteiger partial charge is 0.393 e. The Morgan fingerprint density at radius 1 is 0.941 bits per heavy atom. The average Bonchev–Trinajstić information content (AvgIpc) is 3.44. The first-order chi connectivity index (χ1) is 16.3. The highest BCUT2D eigenvalue weighted by Gasteiger charge is 2.47. The van der Waals surface area contributed by atoms with E-state index in [2.05, 4.69) is 16.0 Å². The molecule has 0 radical (unpaired) electrons. The lowest BCUT2D eigenvalue weighted by Gasteiger charge is -2.36. The number of halogens is 2. The number of rotatable bonds is 5. The number of aromatic amines is 1. The molecule has 1 aromatic heterocycles. The summed E-state index contributed by atoms with van der Waals surface area (Å²) in [5, 5.41) is 11.0. The molecule has 9 heteroatoms. The minimum Gasteiger partial charge on any atom is -0.393 e. The van der Waals surface area contributed by atoms with Crippen LogP contribution in [0.4, 0.5) is 0 Å². The Morgan fingerprint density at radius 3 is 2.32 bits per heavy atom. The number of H-pyrrole nitrogens is 1. The summed E-state index contributed by atoms with van der Waals surface area (Å²) in [7, 11) is -3.81. The summed E-state index contributed by atoms with van der Waals surface area (Å²) in [4.78, 5) is 7.87. The van der Waals surface area contributed by atoms with Gasteiger partial charge >= 0.3 is 0 Å². The second kappa shape index (κ2) is 8.35. The highest BCUT2D eigenvalue weighted by molar-refractivity contribution is 7.89. The first-order valence-corrected chi connectivity index (χ1v) is 13.9. The Bertz CT molecular complexity index is 1360. The standard InChI is InChI=1S/C25H25Cl2N3O3S/c26-21-8-4-16(10-24(21)34(32,33)30-17-5-6-18(30)12-19(31)11-17)25-28-13-23(29-25)15-3-7-20(14-1-2-14)22(27)9-15/h3-4,7-10,13-14,17-19,31H,1-2,5-6,11-12H2,(H,28,29)/t17-,18?,19+/m1/s1. The van der Waals surface area contributed by atoms with E-state index in [0.717, 1.165) is 29.1 Å². The summed E-state index contributed by atoms with van der Waals surface area (Å²) in [6.07, 6.45) is 6.13. The van der Waals surface area contributed by atoms with Crippen molar-refractivity contribution >= 4 is 33.2 Å². The number of hydrogen-bond acceptors (Lipinski definition) is 4. The van der Waals surface area contributed by atoms with Gasteiger partial charge in [-0.1, -0.05) is 35.3 Å². The number of imidazole rings is 1. The van der Waals surface area contributed by atoms with Gasteiger partial charge in [-0.05, 0) is 74.3 Å². The number of hydrogen-bond donors (Lipinski definition) is 2. The van der Waals surface area contributed by atoms with Crippen molar-refractivity contribution < 1.29 is 13.5 Å². The molecule has 3 aliphatic rings. The monoisotopic (exact) mass is 517 g/mol. The summed E-state index contributed by atoms with van der Waals surface area (Å²) in [5.74, 6) is 1.13. The molecule has 1 saturated carbocycles. The average molecular weight is 518 g/mol. The molecule has 2 saturated heterocycles. The molecule has 1 aliphatic carbocycles. The molecule has 6 rings (SSSR count). The van der Waals surface area contributed by atoms with Crippen LogP contribution < -0.4 is 0 Å². The number of aliphatic hydroxyl groups is 1. The van der Waals surface area contributed by atoms with Gasteiger partial charge in [0.1, 0.15) is 10.7 Å². The summed E-state index contributed by atoms with van der Waals surface area (Å²) in [5.41, 5.74) is 3.57. The number of nitrogens with zero attached hydrogens (tertiary/aromatic N) is 2. The third-order valence-electron chi connectivity index (χ3n) is 7.31. The Labute approximate surface area is 209 Å². The molecule has 0 spiro atoms. The quantitative estimate of drug-likeness (QED) is 0.460. The number of aromatic nitrogens is 2. The molecule has 3 fully saturated rings. The van der Waals surface area contributed by atoms with Crippen LogP contribution in [0.2, 0.25) is 10.0 Å². The summed E-state index contributed by atoms with van der Waals surface area (Å²) >= 11 is 12.9. The van der Waals surface area contributed by atoms with Crippen LogP contribution in [0.25, 0.3) is 22.6 Å². The van der Waals surface area contributed by atoms with Crippen LogP contribution in [0.3, 0.4) is 0 Å². The maximum atomic E-state index is 13.6. The molecule has 3 aromatic rings. The van der Waals surface area contributed by atoms with E-state index >= 15 is 0 Å². The van der Waals surface area contributed by atoms with E-state index in [4.69, 9.17) is 23.2 Å². The van der Waals surface area contributed by atoms with E-state index in [1.807, 2.05) is 12.1 Å². The number of fused-ring (bicyclic) bond motifs is 2. The summed E-state index contributed by atoms with van der Waals surface area (Å²) in [6, 6.07) is 10.7. The Morgan fingerprint density at radius 2 is 1.65 bits per heavy atom. The number of sulfonamides is 1. The van der Waals surface area contributed by atoms with Crippen molar-refractivity contribution in [1.82, 2.24) is 14.3 Å². The van der Waals surface area contributed by atoms with Gasteiger partial charge in [-0.2, -0.15) is 4.31 Å². The van der Waals surface area contributed by atoms with Gasteiger partial charge in [0.15, 0.2) is 0 Å². The lowest BCUT2D eigenvalue weighted by atomic mass is 10.0. The van der Waals surface area contributed by atoms with Gasteiger partial charge in [0.25, 0.3) is 0 Å². The molecular weight excluding hydrogens is 493 g/mol. The molecule has 6 nitrogen and oxygen atoms in total. The number of piperidine rings is 1. The predicted molar refractivity (Wildman–Crippen MR) is 133 cm³/mol. The normalized spacial score (nSPS) is 25.1. The van der Waals surface area contributed by atoms with Crippen molar-refractivity contribution in [2.24, 2.45) is 0 Å². The zero-order chi connectivity index (χ0) is 23.6. The molecule has 1 unspecified atom stereocenters. The molecule has 2 aliphatic heterocycles. The van der Waals surface area contributed by atoms with Gasteiger partial charge in [-0.15, -0.1) is 0 Å². The summed E-state index contributed by atoms with van der Waals surface area (Å²) < 4.78 is 28.8. The van der Waals surface area contributed by atoms with Crippen molar-refractivity contribution in [3.05, 3.63) is 58.2 Å². The molecule has 2 N–H and O–H groups in total. The van der Waals surface area contributed by atoms with Crippen LogP contribution in [-0.2, 0) is 10.0 Å². The molecular formula is C25H25Cl2N3O3S. The van der Waals surface area contributed by atoms with Crippen molar-refractivity contribution in [3.63, 3.8) is 0 Å². The lowest BCUT2D eigenvalue weighted by molar-refractivity contribution is 0.0769. The van der Waals surface area contributed by atoms with E-state index in [-0.39, 0.29) is 22.0 Å². The third-order valence-corrected chi connectivity index (χ3v) is 10.1. The molecule has 0 amide bonds. The fourth-order valence-electron chi connectivity index (χ4n) is 5.49. The van der Waals surface area contributed by atoms with Crippen molar-refractivity contribution in [2.75, 3.05) is 0 Å². The minimum absolute atomic E-state index is 0.0785. The summed E-state index contributed by atoms with van der Waals surface area (Å²) in [6.45, 7) is 0. The fraction of sp³-hybridized carbons (Fsp3) is 0.400. The molecule has 178 valence electrons. The van der Waals surface area contributed by atoms with E-state index < -0.39 is 16.1 Å². The van der Waals surface area contributed by atoms with Crippen molar-refractivity contribution in [3.8, 4) is 22.6 Å². The SMILES string of the molecule is O=S(=O)(c1cc(-c2ncc(-c3ccc(C4CC4)c(Cl)c3)[nH]2)ccc1Cl)N1C2CC[C@@H]1C[C@H](O)C2. The zero-order valence-corrected chi connectivity index (χ0v) is 20.7. The third kappa shape index (κ3) is 3.88. The second-order valence-electron chi connectivity index (χ2n) is 9.65. The Kier molecular flexibility index (Phi) is 5.54. The smallest absolute Gasteiger partial charge is 0.245 e. The van der Waals surface area contributed by atoms with Crippen molar-refractivity contribution in [1.29, 1.82) is 0 Å².